The summed E-state index contributed by atoms with van der Waals surface area (Å²) in [7, 11) is 1.61. The zero-order valence-electron chi connectivity index (χ0n) is 14.8. The Bertz CT molecular complexity index is 993. The number of anilines is 1. The van der Waals surface area contributed by atoms with Crippen LogP contribution < -0.4 is 10.1 Å². The summed E-state index contributed by atoms with van der Waals surface area (Å²) < 4.78 is 5.44. The van der Waals surface area contributed by atoms with Crippen LogP contribution in [0.1, 0.15) is 15.9 Å². The van der Waals surface area contributed by atoms with E-state index in [0.29, 0.717) is 32.1 Å². The maximum absolute atomic E-state index is 12.6. The Balaban J connectivity index is 1.77. The number of nitrogens with one attached hydrogen (secondary N) is 1. The van der Waals surface area contributed by atoms with E-state index in [2.05, 4.69) is 5.32 Å². The fourth-order valence-corrected chi connectivity index (χ4v) is 3.97. The zero-order valence-corrected chi connectivity index (χ0v) is 17.9. The molecule has 0 bridgehead atoms. The van der Waals surface area contributed by atoms with E-state index in [4.69, 9.17) is 39.5 Å². The van der Waals surface area contributed by atoms with Crippen LogP contribution in [-0.2, 0) is 5.75 Å². The number of thioether (sulfide) groups is 1. The van der Waals surface area contributed by atoms with E-state index in [9.17, 15) is 4.79 Å². The van der Waals surface area contributed by atoms with Crippen molar-refractivity contribution >= 4 is 58.2 Å². The largest absolute Gasteiger partial charge is 0.496 e. The first-order valence-electron chi connectivity index (χ1n) is 8.28. The van der Waals surface area contributed by atoms with Gasteiger partial charge in [0.25, 0.3) is 5.91 Å². The topological polar surface area (TPSA) is 38.3 Å². The first-order chi connectivity index (χ1) is 13.5. The summed E-state index contributed by atoms with van der Waals surface area (Å²) >= 11 is 19.6. The summed E-state index contributed by atoms with van der Waals surface area (Å²) in [6.45, 7) is 0. The second-order valence-electron chi connectivity index (χ2n) is 5.85. The molecule has 0 aliphatic heterocycles. The van der Waals surface area contributed by atoms with Gasteiger partial charge in [-0.3, -0.25) is 4.79 Å². The highest BCUT2D eigenvalue weighted by Crippen LogP contribution is 2.30. The molecular formula is C21H16Cl3NO2S. The van der Waals surface area contributed by atoms with E-state index in [1.165, 1.54) is 0 Å². The van der Waals surface area contributed by atoms with Gasteiger partial charge in [-0.15, -0.1) is 11.8 Å². The maximum Gasteiger partial charge on any atom is 0.255 e. The molecule has 0 fully saturated rings. The van der Waals surface area contributed by atoms with E-state index < -0.39 is 0 Å². The first-order valence-corrected chi connectivity index (χ1v) is 10.4. The summed E-state index contributed by atoms with van der Waals surface area (Å²) in [4.78, 5) is 13.7. The van der Waals surface area contributed by atoms with Gasteiger partial charge < -0.3 is 10.1 Å². The van der Waals surface area contributed by atoms with Crippen LogP contribution >= 0.6 is 46.6 Å². The number of benzene rings is 3. The van der Waals surface area contributed by atoms with Gasteiger partial charge in [0.2, 0.25) is 0 Å². The van der Waals surface area contributed by atoms with Gasteiger partial charge >= 0.3 is 0 Å². The molecule has 0 heterocycles. The lowest BCUT2D eigenvalue weighted by molar-refractivity contribution is 0.102. The Hall–Kier alpha value is -1.85. The molecule has 0 radical (unpaired) electrons. The Morgan fingerprint density at radius 3 is 2.36 bits per heavy atom. The van der Waals surface area contributed by atoms with Crippen molar-refractivity contribution in [2.75, 3.05) is 12.4 Å². The van der Waals surface area contributed by atoms with Gasteiger partial charge in [0.1, 0.15) is 5.75 Å². The highest BCUT2D eigenvalue weighted by molar-refractivity contribution is 7.98. The molecule has 0 aliphatic carbocycles. The van der Waals surface area contributed by atoms with Gasteiger partial charge in [0.05, 0.1) is 17.8 Å². The lowest BCUT2D eigenvalue weighted by Crippen LogP contribution is -2.12. The molecule has 3 rings (SSSR count). The molecule has 0 saturated heterocycles. The van der Waals surface area contributed by atoms with Gasteiger partial charge in [0.15, 0.2) is 0 Å². The normalized spacial score (nSPS) is 10.6. The van der Waals surface area contributed by atoms with Crippen LogP contribution in [0.2, 0.25) is 15.1 Å². The van der Waals surface area contributed by atoms with Crippen LogP contribution in [-0.4, -0.2) is 13.0 Å². The van der Waals surface area contributed by atoms with Gasteiger partial charge in [-0.25, -0.2) is 0 Å². The third-order valence-electron chi connectivity index (χ3n) is 3.93. The van der Waals surface area contributed by atoms with Gasteiger partial charge in [-0.2, -0.15) is 0 Å². The third kappa shape index (κ3) is 5.36. The van der Waals surface area contributed by atoms with E-state index in [0.717, 1.165) is 16.2 Å². The Labute approximate surface area is 182 Å². The lowest BCUT2D eigenvalue weighted by atomic mass is 10.1. The molecule has 1 amide bonds. The minimum Gasteiger partial charge on any atom is -0.496 e. The van der Waals surface area contributed by atoms with Crippen molar-refractivity contribution in [1.82, 2.24) is 0 Å². The smallest absolute Gasteiger partial charge is 0.255 e. The van der Waals surface area contributed by atoms with Crippen molar-refractivity contribution in [3.8, 4) is 5.75 Å². The van der Waals surface area contributed by atoms with E-state index in [1.807, 2.05) is 30.3 Å². The zero-order chi connectivity index (χ0) is 20.1. The molecule has 0 spiro atoms. The molecule has 28 heavy (non-hydrogen) atoms. The Kier molecular flexibility index (Phi) is 7.13. The van der Waals surface area contributed by atoms with Crippen LogP contribution in [0.15, 0.2) is 65.6 Å². The van der Waals surface area contributed by atoms with Crippen molar-refractivity contribution in [2.24, 2.45) is 0 Å². The van der Waals surface area contributed by atoms with Gasteiger partial charge in [-0.05, 0) is 60.7 Å². The minimum atomic E-state index is -0.260. The van der Waals surface area contributed by atoms with Gasteiger partial charge in [-0.1, -0.05) is 34.8 Å². The molecule has 0 unspecified atom stereocenters. The number of ether oxygens (including phenoxy) is 1. The average molecular weight is 453 g/mol. The third-order valence-corrected chi connectivity index (χ3v) is 5.79. The SMILES string of the molecule is COc1ccc(C(=O)Nc2ccc(Cl)cc2Cl)cc1CSc1ccc(Cl)cc1. The number of rotatable bonds is 6. The Morgan fingerprint density at radius 2 is 1.68 bits per heavy atom. The number of amides is 1. The molecule has 3 nitrogen and oxygen atoms in total. The van der Waals surface area contributed by atoms with Crippen molar-refractivity contribution in [3.05, 3.63) is 86.9 Å². The molecule has 0 aliphatic rings. The van der Waals surface area contributed by atoms with Crippen molar-refractivity contribution < 1.29 is 9.53 Å². The molecule has 1 N–H and O–H groups in total. The highest BCUT2D eigenvalue weighted by Gasteiger charge is 2.13. The first kappa shape index (κ1) is 20.9. The number of halogens is 3. The number of methoxy groups -OCH3 is 1. The summed E-state index contributed by atoms with van der Waals surface area (Å²) in [5.41, 5.74) is 1.93. The number of carbonyl (C=O) groups is 1. The van der Waals surface area contributed by atoms with E-state index in [1.54, 1.807) is 49.2 Å². The quantitative estimate of drug-likeness (QED) is 0.402. The van der Waals surface area contributed by atoms with Crippen LogP contribution in [0, 0.1) is 0 Å². The van der Waals surface area contributed by atoms with Crippen LogP contribution in [0.4, 0.5) is 5.69 Å². The summed E-state index contributed by atoms with van der Waals surface area (Å²) in [5.74, 6) is 1.11. The molecule has 0 saturated carbocycles. The van der Waals surface area contributed by atoms with E-state index in [-0.39, 0.29) is 5.91 Å². The number of hydrogen-bond acceptors (Lipinski definition) is 3. The molecule has 3 aromatic rings. The monoisotopic (exact) mass is 451 g/mol. The molecule has 0 aromatic heterocycles. The molecule has 3 aromatic carbocycles. The second-order valence-corrected chi connectivity index (χ2v) is 8.18. The molecule has 7 heteroatoms. The standard InChI is InChI=1S/C21H16Cl3NO2S/c1-27-20-9-2-13(21(26)25-19-8-5-16(23)11-18(19)24)10-14(20)12-28-17-6-3-15(22)4-7-17/h2-11H,12H2,1H3,(H,25,26). The summed E-state index contributed by atoms with van der Waals surface area (Å²) in [6, 6.07) is 17.9. The van der Waals surface area contributed by atoms with Crippen molar-refractivity contribution in [2.45, 2.75) is 10.6 Å². The van der Waals surface area contributed by atoms with Crippen molar-refractivity contribution in [3.63, 3.8) is 0 Å². The predicted molar refractivity (Wildman–Crippen MR) is 118 cm³/mol. The number of carbonyl (C=O) groups excluding carboxylic acids is 1. The van der Waals surface area contributed by atoms with Crippen LogP contribution in [0.3, 0.4) is 0 Å². The summed E-state index contributed by atoms with van der Waals surface area (Å²) in [5, 5.41) is 4.39. The fourth-order valence-electron chi connectivity index (χ4n) is 2.51. The molecule has 144 valence electrons. The minimum absolute atomic E-state index is 0.260. The van der Waals surface area contributed by atoms with Gasteiger partial charge in [0, 0.05) is 31.8 Å². The predicted octanol–water partition coefficient (Wildman–Crippen LogP) is 7.20. The molecule has 0 atom stereocenters. The summed E-state index contributed by atoms with van der Waals surface area (Å²) in [6.07, 6.45) is 0. The average Bonchev–Trinajstić information content (AvgIpc) is 2.69. The van der Waals surface area contributed by atoms with Crippen LogP contribution in [0.25, 0.3) is 0 Å². The fraction of sp³-hybridized carbons (Fsp3) is 0.0952. The number of hydrogen-bond donors (Lipinski definition) is 1. The van der Waals surface area contributed by atoms with Crippen LogP contribution in [0.5, 0.6) is 5.75 Å². The van der Waals surface area contributed by atoms with Crippen molar-refractivity contribution in [1.29, 1.82) is 0 Å². The lowest BCUT2D eigenvalue weighted by Gasteiger charge is -2.12. The maximum atomic E-state index is 12.6. The molecular weight excluding hydrogens is 437 g/mol. The second kappa shape index (κ2) is 9.57. The highest BCUT2D eigenvalue weighted by atomic mass is 35.5. The Morgan fingerprint density at radius 1 is 0.964 bits per heavy atom. The van der Waals surface area contributed by atoms with E-state index >= 15 is 0 Å².